The highest BCUT2D eigenvalue weighted by atomic mass is 15.3. The lowest BCUT2D eigenvalue weighted by atomic mass is 10.0. The van der Waals surface area contributed by atoms with Crippen molar-refractivity contribution in [3.63, 3.8) is 0 Å². The number of rotatable bonds is 3. The van der Waals surface area contributed by atoms with Crippen LogP contribution in [0.1, 0.15) is 26.6 Å². The summed E-state index contributed by atoms with van der Waals surface area (Å²) in [4.78, 5) is 8.67. The van der Waals surface area contributed by atoms with Crippen molar-refractivity contribution in [2.75, 3.05) is 5.32 Å². The summed E-state index contributed by atoms with van der Waals surface area (Å²) in [6, 6.07) is 1.82. The SMILES string of the molecule is CC1C=c2c(NC(C)(C)c3ncccn3)nn(C)c2=C1. The Balaban J connectivity index is 2.00. The van der Waals surface area contributed by atoms with Crippen LogP contribution in [-0.2, 0) is 12.6 Å². The molecule has 1 atom stereocenters. The molecule has 0 aromatic carbocycles. The molecule has 3 rings (SSSR count). The van der Waals surface area contributed by atoms with Gasteiger partial charge in [0.05, 0.1) is 10.9 Å². The van der Waals surface area contributed by atoms with Crippen LogP contribution < -0.4 is 15.9 Å². The fraction of sp³-hybridized carbons (Fsp3) is 0.400. The third kappa shape index (κ3) is 2.09. The lowest BCUT2D eigenvalue weighted by Gasteiger charge is -2.24. The first kappa shape index (κ1) is 12.8. The molecule has 0 saturated heterocycles. The van der Waals surface area contributed by atoms with Crippen molar-refractivity contribution < 1.29 is 0 Å². The highest BCUT2D eigenvalue weighted by Crippen LogP contribution is 2.19. The van der Waals surface area contributed by atoms with Crippen LogP contribution in [0.4, 0.5) is 5.82 Å². The molecule has 1 N–H and O–H groups in total. The van der Waals surface area contributed by atoms with Crippen molar-refractivity contribution in [1.29, 1.82) is 0 Å². The summed E-state index contributed by atoms with van der Waals surface area (Å²) >= 11 is 0. The van der Waals surface area contributed by atoms with E-state index in [1.165, 1.54) is 10.6 Å². The predicted octanol–water partition coefficient (Wildman–Crippen LogP) is 0.768. The zero-order valence-electron chi connectivity index (χ0n) is 12.3. The quantitative estimate of drug-likeness (QED) is 0.894. The molecule has 0 aliphatic heterocycles. The Morgan fingerprint density at radius 1 is 1.20 bits per heavy atom. The average molecular weight is 269 g/mol. The van der Waals surface area contributed by atoms with E-state index in [9.17, 15) is 0 Å². The predicted molar refractivity (Wildman–Crippen MR) is 79.2 cm³/mol. The van der Waals surface area contributed by atoms with Gasteiger partial charge in [-0.15, -0.1) is 0 Å². The van der Waals surface area contributed by atoms with Crippen molar-refractivity contribution in [3.8, 4) is 0 Å². The van der Waals surface area contributed by atoms with Crippen molar-refractivity contribution in [2.45, 2.75) is 26.3 Å². The number of fused-ring (bicyclic) bond motifs is 1. The van der Waals surface area contributed by atoms with Crippen molar-refractivity contribution in [3.05, 3.63) is 34.9 Å². The maximum absolute atomic E-state index is 4.56. The second-order valence-electron chi connectivity index (χ2n) is 5.79. The van der Waals surface area contributed by atoms with Gasteiger partial charge >= 0.3 is 0 Å². The van der Waals surface area contributed by atoms with Crippen LogP contribution in [0, 0.1) is 5.92 Å². The monoisotopic (exact) mass is 269 g/mol. The van der Waals surface area contributed by atoms with Gasteiger partial charge in [0, 0.05) is 24.7 Å². The molecule has 20 heavy (non-hydrogen) atoms. The average Bonchev–Trinajstić information content (AvgIpc) is 2.91. The number of anilines is 1. The Morgan fingerprint density at radius 2 is 1.90 bits per heavy atom. The van der Waals surface area contributed by atoms with Gasteiger partial charge in [0.25, 0.3) is 0 Å². The van der Waals surface area contributed by atoms with Gasteiger partial charge in [0.1, 0.15) is 0 Å². The second-order valence-corrected chi connectivity index (χ2v) is 5.79. The van der Waals surface area contributed by atoms with Gasteiger partial charge in [0.15, 0.2) is 11.6 Å². The topological polar surface area (TPSA) is 55.6 Å². The Bertz CT molecular complexity index is 743. The molecule has 104 valence electrons. The fourth-order valence-corrected chi connectivity index (χ4v) is 2.54. The lowest BCUT2D eigenvalue weighted by Crippen LogP contribution is -2.34. The standard InChI is InChI=1S/C15H19N5/c1-10-8-11-12(9-10)20(4)19-13(11)18-15(2,3)14-16-6-5-7-17-14/h5-10H,1-4H3,(H,18,19). The van der Waals surface area contributed by atoms with Crippen LogP contribution in [0.15, 0.2) is 18.5 Å². The van der Waals surface area contributed by atoms with Crippen molar-refractivity contribution >= 4 is 18.0 Å². The molecule has 0 bridgehead atoms. The van der Waals surface area contributed by atoms with E-state index in [0.717, 1.165) is 11.6 Å². The largest absolute Gasteiger partial charge is 0.356 e. The lowest BCUT2D eigenvalue weighted by molar-refractivity contribution is 0.557. The third-order valence-electron chi connectivity index (χ3n) is 3.54. The van der Waals surface area contributed by atoms with Crippen LogP contribution in [0.5, 0.6) is 0 Å². The fourth-order valence-electron chi connectivity index (χ4n) is 2.54. The summed E-state index contributed by atoms with van der Waals surface area (Å²) in [6.45, 7) is 6.30. The van der Waals surface area contributed by atoms with Crippen LogP contribution >= 0.6 is 0 Å². The molecule has 0 spiro atoms. The molecule has 0 saturated carbocycles. The van der Waals surface area contributed by atoms with Gasteiger partial charge in [-0.3, -0.25) is 4.68 Å². The molecular formula is C15H19N5. The van der Waals surface area contributed by atoms with Crippen LogP contribution in [-0.4, -0.2) is 19.7 Å². The number of aryl methyl sites for hydroxylation is 1. The van der Waals surface area contributed by atoms with Gasteiger partial charge in [-0.25, -0.2) is 9.97 Å². The van der Waals surface area contributed by atoms with Gasteiger partial charge in [-0.05, 0) is 25.8 Å². The number of hydrogen-bond acceptors (Lipinski definition) is 4. The van der Waals surface area contributed by atoms with E-state index in [1.54, 1.807) is 12.4 Å². The highest BCUT2D eigenvalue weighted by Gasteiger charge is 2.25. The van der Waals surface area contributed by atoms with Gasteiger partial charge < -0.3 is 5.32 Å². The molecule has 2 aromatic rings. The molecule has 1 aliphatic carbocycles. The molecule has 1 unspecified atom stereocenters. The smallest absolute Gasteiger partial charge is 0.156 e. The first-order valence-electron chi connectivity index (χ1n) is 6.80. The van der Waals surface area contributed by atoms with Gasteiger partial charge in [0.2, 0.25) is 0 Å². The second kappa shape index (κ2) is 4.44. The summed E-state index contributed by atoms with van der Waals surface area (Å²) < 4.78 is 1.92. The molecule has 0 fully saturated rings. The van der Waals surface area contributed by atoms with E-state index >= 15 is 0 Å². The minimum absolute atomic E-state index is 0.372. The third-order valence-corrected chi connectivity index (χ3v) is 3.54. The Labute approximate surface area is 118 Å². The van der Waals surface area contributed by atoms with Crippen molar-refractivity contribution in [2.24, 2.45) is 13.0 Å². The molecular weight excluding hydrogens is 250 g/mol. The zero-order chi connectivity index (χ0) is 14.3. The molecule has 5 heteroatoms. The Hall–Kier alpha value is -2.17. The minimum atomic E-state index is -0.372. The summed E-state index contributed by atoms with van der Waals surface area (Å²) in [6.07, 6.45) is 7.97. The van der Waals surface area contributed by atoms with Crippen LogP contribution in [0.2, 0.25) is 0 Å². The maximum Gasteiger partial charge on any atom is 0.156 e. The van der Waals surface area contributed by atoms with E-state index in [4.69, 9.17) is 0 Å². The number of nitrogens with one attached hydrogen (secondary N) is 1. The van der Waals surface area contributed by atoms with E-state index in [1.807, 2.05) is 17.8 Å². The van der Waals surface area contributed by atoms with Gasteiger partial charge in [-0.2, -0.15) is 5.10 Å². The molecule has 0 amide bonds. The van der Waals surface area contributed by atoms with E-state index in [2.05, 4.69) is 53.3 Å². The number of aromatic nitrogens is 4. The normalized spacial score (nSPS) is 17.3. The van der Waals surface area contributed by atoms with E-state index < -0.39 is 0 Å². The molecule has 0 radical (unpaired) electrons. The molecule has 5 nitrogen and oxygen atoms in total. The van der Waals surface area contributed by atoms with Crippen LogP contribution in [0.25, 0.3) is 12.2 Å². The van der Waals surface area contributed by atoms with E-state index in [0.29, 0.717) is 5.92 Å². The minimum Gasteiger partial charge on any atom is -0.356 e. The Kier molecular flexibility index (Phi) is 2.85. The van der Waals surface area contributed by atoms with Crippen molar-refractivity contribution in [1.82, 2.24) is 19.7 Å². The molecule has 1 aliphatic rings. The molecule has 2 heterocycles. The maximum atomic E-state index is 4.56. The summed E-state index contributed by atoms with van der Waals surface area (Å²) in [5.41, 5.74) is -0.372. The van der Waals surface area contributed by atoms with Crippen LogP contribution in [0.3, 0.4) is 0 Å². The first-order valence-corrected chi connectivity index (χ1v) is 6.80. The number of nitrogens with zero attached hydrogens (tertiary/aromatic N) is 4. The summed E-state index contributed by atoms with van der Waals surface area (Å²) in [5.74, 6) is 2.10. The summed E-state index contributed by atoms with van der Waals surface area (Å²) in [7, 11) is 1.97. The Morgan fingerprint density at radius 3 is 2.60 bits per heavy atom. The zero-order valence-corrected chi connectivity index (χ0v) is 12.3. The molecule has 2 aromatic heterocycles. The highest BCUT2D eigenvalue weighted by molar-refractivity contribution is 5.56. The summed E-state index contributed by atoms with van der Waals surface area (Å²) in [5, 5.41) is 10.4. The van der Waals surface area contributed by atoms with E-state index in [-0.39, 0.29) is 5.54 Å². The first-order chi connectivity index (χ1) is 9.47. The van der Waals surface area contributed by atoms with Gasteiger partial charge in [-0.1, -0.05) is 19.1 Å². The number of hydrogen-bond donors (Lipinski definition) is 1.